The molecule has 0 spiro atoms. The molecule has 4 heteroatoms. The van der Waals surface area contributed by atoms with Crippen LogP contribution in [0.15, 0.2) is 41.9 Å². The molecule has 0 aliphatic carbocycles. The largest absolute Gasteiger partial charge is 0.294 e. The molecule has 4 rings (SSSR count). The normalized spacial score (nSPS) is 15.3. The molecule has 0 N–H and O–H groups in total. The number of aromatic nitrogens is 1. The number of pyridine rings is 1. The Labute approximate surface area is 133 Å². The van der Waals surface area contributed by atoms with Crippen LogP contribution in [0.5, 0.6) is 0 Å². The maximum absolute atomic E-state index is 6.27. The van der Waals surface area contributed by atoms with Crippen LogP contribution in [0, 0.1) is 0 Å². The van der Waals surface area contributed by atoms with Gasteiger partial charge >= 0.3 is 0 Å². The number of halogens is 1. The molecule has 3 aromatic rings. The minimum atomic E-state index is 0.778. The van der Waals surface area contributed by atoms with Gasteiger partial charge in [-0.2, -0.15) is 0 Å². The van der Waals surface area contributed by atoms with E-state index in [1.165, 1.54) is 11.1 Å². The van der Waals surface area contributed by atoms with Crippen LogP contribution in [0.2, 0.25) is 5.02 Å². The lowest BCUT2D eigenvalue weighted by Crippen LogP contribution is -2.29. The second-order valence-electron chi connectivity index (χ2n) is 5.44. The Balaban J connectivity index is 1.65. The Morgan fingerprint density at radius 1 is 1.24 bits per heavy atom. The summed E-state index contributed by atoms with van der Waals surface area (Å²) in [5.41, 5.74) is 3.77. The van der Waals surface area contributed by atoms with Crippen LogP contribution in [0.25, 0.3) is 10.9 Å². The van der Waals surface area contributed by atoms with Gasteiger partial charge in [0.25, 0.3) is 0 Å². The van der Waals surface area contributed by atoms with E-state index in [9.17, 15) is 0 Å². The Bertz CT molecular complexity index is 796. The number of nitrogens with zero attached hydrogens (tertiary/aromatic N) is 2. The highest BCUT2D eigenvalue weighted by molar-refractivity contribution is 7.10. The molecule has 2 nitrogen and oxygen atoms in total. The van der Waals surface area contributed by atoms with E-state index in [-0.39, 0.29) is 0 Å². The predicted octanol–water partition coefficient (Wildman–Crippen LogP) is 4.51. The number of thiophene rings is 1. The molecule has 0 atom stereocenters. The van der Waals surface area contributed by atoms with E-state index in [0.29, 0.717) is 0 Å². The van der Waals surface area contributed by atoms with Gasteiger partial charge in [0.05, 0.1) is 5.52 Å². The molecule has 0 unspecified atom stereocenters. The molecule has 1 aliphatic rings. The topological polar surface area (TPSA) is 16.1 Å². The van der Waals surface area contributed by atoms with Gasteiger partial charge in [-0.25, -0.2) is 0 Å². The fourth-order valence-electron chi connectivity index (χ4n) is 3.01. The fourth-order valence-corrected chi connectivity index (χ4v) is 4.11. The highest BCUT2D eigenvalue weighted by Gasteiger charge is 2.18. The summed E-state index contributed by atoms with van der Waals surface area (Å²) in [6.07, 6.45) is 3.00. The Kier molecular flexibility index (Phi) is 3.42. The lowest BCUT2D eigenvalue weighted by molar-refractivity contribution is 0.248. The van der Waals surface area contributed by atoms with Gasteiger partial charge in [0.1, 0.15) is 0 Å². The number of fused-ring (bicyclic) bond motifs is 2. The van der Waals surface area contributed by atoms with Crippen molar-refractivity contribution in [3.8, 4) is 0 Å². The van der Waals surface area contributed by atoms with E-state index in [4.69, 9.17) is 11.6 Å². The summed E-state index contributed by atoms with van der Waals surface area (Å²) in [5, 5.41) is 4.03. The summed E-state index contributed by atoms with van der Waals surface area (Å²) < 4.78 is 0. The second-order valence-corrected chi connectivity index (χ2v) is 6.84. The van der Waals surface area contributed by atoms with Crippen molar-refractivity contribution in [3.05, 3.63) is 62.9 Å². The van der Waals surface area contributed by atoms with Crippen molar-refractivity contribution in [2.75, 3.05) is 6.54 Å². The molecule has 0 saturated heterocycles. The highest BCUT2D eigenvalue weighted by Crippen LogP contribution is 2.28. The Morgan fingerprint density at radius 2 is 2.19 bits per heavy atom. The smallest absolute Gasteiger partial charge is 0.0761 e. The Morgan fingerprint density at radius 3 is 3.14 bits per heavy atom. The second kappa shape index (κ2) is 5.41. The van der Waals surface area contributed by atoms with Crippen LogP contribution in [0.1, 0.15) is 16.0 Å². The van der Waals surface area contributed by atoms with E-state index in [1.807, 2.05) is 35.7 Å². The average Bonchev–Trinajstić information content (AvgIpc) is 2.98. The molecule has 106 valence electrons. The van der Waals surface area contributed by atoms with Gasteiger partial charge in [0, 0.05) is 41.1 Å². The van der Waals surface area contributed by atoms with E-state index in [2.05, 4.69) is 27.4 Å². The third-order valence-corrected chi connectivity index (χ3v) is 5.43. The molecule has 21 heavy (non-hydrogen) atoms. The van der Waals surface area contributed by atoms with Crippen LogP contribution >= 0.6 is 22.9 Å². The van der Waals surface area contributed by atoms with Crippen LogP contribution in [0.4, 0.5) is 0 Å². The number of benzene rings is 1. The van der Waals surface area contributed by atoms with Crippen LogP contribution in [0.3, 0.4) is 0 Å². The van der Waals surface area contributed by atoms with Gasteiger partial charge in [0.15, 0.2) is 0 Å². The first-order chi connectivity index (χ1) is 10.3. The first-order valence-corrected chi connectivity index (χ1v) is 8.37. The number of hydrogen-bond donors (Lipinski definition) is 0. The van der Waals surface area contributed by atoms with E-state index in [0.717, 1.165) is 42.0 Å². The zero-order valence-corrected chi connectivity index (χ0v) is 13.1. The lowest BCUT2D eigenvalue weighted by Gasteiger charge is -2.27. The molecule has 1 aliphatic heterocycles. The van der Waals surface area contributed by atoms with Crippen LogP contribution in [-0.4, -0.2) is 16.4 Å². The molecule has 1 aromatic carbocycles. The zero-order valence-electron chi connectivity index (χ0n) is 11.6. The van der Waals surface area contributed by atoms with Gasteiger partial charge in [-0.05, 0) is 47.2 Å². The maximum atomic E-state index is 6.27. The molecule has 3 heterocycles. The van der Waals surface area contributed by atoms with E-state index >= 15 is 0 Å². The highest BCUT2D eigenvalue weighted by atomic mass is 35.5. The van der Waals surface area contributed by atoms with Crippen molar-refractivity contribution >= 4 is 33.8 Å². The first kappa shape index (κ1) is 13.3. The third-order valence-electron chi connectivity index (χ3n) is 4.08. The van der Waals surface area contributed by atoms with E-state index < -0.39 is 0 Å². The van der Waals surface area contributed by atoms with Gasteiger partial charge in [-0.1, -0.05) is 17.7 Å². The van der Waals surface area contributed by atoms with Crippen molar-refractivity contribution < 1.29 is 0 Å². The monoisotopic (exact) mass is 314 g/mol. The molecule has 0 saturated carbocycles. The number of hydrogen-bond acceptors (Lipinski definition) is 3. The van der Waals surface area contributed by atoms with Gasteiger partial charge in [0.2, 0.25) is 0 Å². The van der Waals surface area contributed by atoms with Crippen LogP contribution < -0.4 is 0 Å². The first-order valence-electron chi connectivity index (χ1n) is 7.11. The summed E-state index contributed by atoms with van der Waals surface area (Å²) in [6.45, 7) is 3.08. The minimum absolute atomic E-state index is 0.778. The SMILES string of the molecule is Clc1ccc(CN2CCc3sccc3C2)c2ncccc12. The lowest BCUT2D eigenvalue weighted by atomic mass is 10.1. The quantitative estimate of drug-likeness (QED) is 0.692. The summed E-state index contributed by atoms with van der Waals surface area (Å²) in [5.74, 6) is 0. The van der Waals surface area contributed by atoms with Gasteiger partial charge in [-0.15, -0.1) is 11.3 Å². The zero-order chi connectivity index (χ0) is 14.2. The molecular formula is C17H15ClN2S. The molecule has 0 amide bonds. The molecule has 0 bridgehead atoms. The molecular weight excluding hydrogens is 300 g/mol. The van der Waals surface area contributed by atoms with Crippen molar-refractivity contribution in [2.45, 2.75) is 19.5 Å². The summed E-state index contributed by atoms with van der Waals surface area (Å²) in [7, 11) is 0. The van der Waals surface area contributed by atoms with Crippen molar-refractivity contribution in [1.29, 1.82) is 0 Å². The maximum Gasteiger partial charge on any atom is 0.0761 e. The summed E-state index contributed by atoms with van der Waals surface area (Å²) in [6, 6.07) is 10.3. The average molecular weight is 315 g/mol. The van der Waals surface area contributed by atoms with Gasteiger partial charge in [-0.3, -0.25) is 9.88 Å². The molecule has 2 aromatic heterocycles. The Hall–Kier alpha value is -1.42. The van der Waals surface area contributed by atoms with Crippen LogP contribution in [-0.2, 0) is 19.5 Å². The standard InChI is InChI=1S/C17H15ClN2S/c18-15-4-3-13(17-14(15)2-1-7-19-17)11-20-8-5-16-12(10-20)6-9-21-16/h1-4,6-7,9H,5,8,10-11H2. The molecule has 0 radical (unpaired) electrons. The minimum Gasteiger partial charge on any atom is -0.294 e. The molecule has 0 fully saturated rings. The summed E-state index contributed by atoms with van der Waals surface area (Å²) >= 11 is 8.15. The van der Waals surface area contributed by atoms with Crippen molar-refractivity contribution in [1.82, 2.24) is 9.88 Å². The van der Waals surface area contributed by atoms with Crippen molar-refractivity contribution in [2.24, 2.45) is 0 Å². The number of rotatable bonds is 2. The van der Waals surface area contributed by atoms with Gasteiger partial charge < -0.3 is 0 Å². The van der Waals surface area contributed by atoms with Crippen molar-refractivity contribution in [3.63, 3.8) is 0 Å². The fraction of sp³-hybridized carbons (Fsp3) is 0.235. The third kappa shape index (κ3) is 2.46. The van der Waals surface area contributed by atoms with E-state index in [1.54, 1.807) is 4.88 Å². The predicted molar refractivity (Wildman–Crippen MR) is 88.9 cm³/mol. The summed E-state index contributed by atoms with van der Waals surface area (Å²) in [4.78, 5) is 8.57.